The molecule has 0 aromatic heterocycles. The quantitative estimate of drug-likeness (QED) is 0.0241. The molecule has 0 saturated heterocycles. The molecule has 0 amide bonds. The van der Waals surface area contributed by atoms with Crippen LogP contribution in [-0.4, -0.2) is 42.8 Å². The molecule has 0 radical (unpaired) electrons. The van der Waals surface area contributed by atoms with E-state index in [0.717, 1.165) is 148 Å². The van der Waals surface area contributed by atoms with Gasteiger partial charge in [-0.2, -0.15) is 0 Å². The van der Waals surface area contributed by atoms with Crippen molar-refractivity contribution < 1.29 is 46.8 Å². The number of halogens is 2. The van der Waals surface area contributed by atoms with Crippen molar-refractivity contribution in [2.75, 3.05) is 6.61 Å². The van der Waals surface area contributed by atoms with Crippen molar-refractivity contribution in [2.45, 2.75) is 377 Å². The number of allylic oxidation sites excluding steroid dienone is 1. The van der Waals surface area contributed by atoms with Gasteiger partial charge in [0.15, 0.2) is 17.4 Å². The van der Waals surface area contributed by atoms with E-state index in [-0.39, 0.29) is 41.9 Å². The van der Waals surface area contributed by atoms with E-state index in [0.29, 0.717) is 40.7 Å². The Balaban J connectivity index is 0.000000217. The maximum absolute atomic E-state index is 14.8. The first-order valence-corrected chi connectivity index (χ1v) is 43.0. The molecule has 580 valence electrons. The van der Waals surface area contributed by atoms with Crippen molar-refractivity contribution in [3.63, 3.8) is 0 Å². The van der Waals surface area contributed by atoms with E-state index in [2.05, 4.69) is 75.3 Å². The summed E-state index contributed by atoms with van der Waals surface area (Å²) in [5.74, 6) is 7.34. The molecule has 8 nitrogen and oxygen atoms in total. The number of carbonyl (C=O) groups is 3. The summed E-state index contributed by atoms with van der Waals surface area (Å²) >= 11 is 0. The zero-order valence-corrected chi connectivity index (χ0v) is 67.3. The maximum atomic E-state index is 14.8. The molecule has 3 aromatic rings. The minimum Gasteiger partial charge on any atom is -0.494 e. The zero-order chi connectivity index (χ0) is 74.2. The summed E-state index contributed by atoms with van der Waals surface area (Å²) < 4.78 is 57.9. The summed E-state index contributed by atoms with van der Waals surface area (Å²) in [7, 11) is 0. The van der Waals surface area contributed by atoms with Crippen LogP contribution in [0.25, 0.3) is 0 Å². The topological polar surface area (TPSA) is 97.4 Å². The van der Waals surface area contributed by atoms with E-state index >= 15 is 0 Å². The fourth-order valence-electron chi connectivity index (χ4n) is 19.8. The van der Waals surface area contributed by atoms with Gasteiger partial charge in [0.25, 0.3) is 0 Å². The van der Waals surface area contributed by atoms with Gasteiger partial charge >= 0.3 is 17.9 Å². The maximum Gasteiger partial charge on any atom is 0.343 e. The van der Waals surface area contributed by atoms with Crippen LogP contribution in [0.2, 0.25) is 0 Å². The monoisotopic (exact) mass is 1430 g/mol. The number of fused-ring (bicyclic) bond motifs is 5. The molecule has 5 fully saturated rings. The van der Waals surface area contributed by atoms with Crippen LogP contribution in [0.1, 0.15) is 385 Å². The Morgan fingerprint density at radius 2 is 1.10 bits per heavy atom. The number of esters is 3. The van der Waals surface area contributed by atoms with Crippen LogP contribution in [0.15, 0.2) is 72.3 Å². The Hall–Kier alpha value is -4.73. The van der Waals surface area contributed by atoms with Crippen molar-refractivity contribution in [3.05, 3.63) is 101 Å². The molecule has 0 bridgehead atoms. The van der Waals surface area contributed by atoms with Crippen LogP contribution in [0.3, 0.4) is 0 Å². The third-order valence-electron chi connectivity index (χ3n) is 26.0. The second-order valence-corrected chi connectivity index (χ2v) is 34.3. The molecule has 103 heavy (non-hydrogen) atoms. The highest BCUT2D eigenvalue weighted by atomic mass is 19.1. The summed E-state index contributed by atoms with van der Waals surface area (Å²) in [6, 6.07) is 16.5. The molecule has 10 atom stereocenters. The molecule has 10 heteroatoms. The Labute approximate surface area is 627 Å². The summed E-state index contributed by atoms with van der Waals surface area (Å²) in [6.45, 7) is 28.2. The van der Waals surface area contributed by atoms with Crippen LogP contribution >= 0.6 is 0 Å². The van der Waals surface area contributed by atoms with E-state index in [1.165, 1.54) is 180 Å². The molecule has 0 N–H and O–H groups in total. The first-order chi connectivity index (χ1) is 49.7. The average Bonchev–Trinajstić information content (AvgIpc) is 1.67. The molecule has 6 aliphatic carbocycles. The van der Waals surface area contributed by atoms with Crippen molar-refractivity contribution in [1.29, 1.82) is 0 Å². The summed E-state index contributed by atoms with van der Waals surface area (Å²) in [6.07, 6.45) is 53.4. The van der Waals surface area contributed by atoms with Crippen molar-refractivity contribution in [2.24, 2.45) is 64.1 Å². The Bertz CT molecular complexity index is 2900. The molecule has 5 saturated carbocycles. The van der Waals surface area contributed by atoms with Gasteiger partial charge in [-0.15, -0.1) is 0 Å². The Morgan fingerprint density at radius 1 is 0.534 bits per heavy atom. The molecular formula is C93H146F2O8. The smallest absolute Gasteiger partial charge is 0.343 e. The van der Waals surface area contributed by atoms with Crippen molar-refractivity contribution >= 4 is 17.9 Å². The second kappa shape index (κ2) is 45.2. The van der Waals surface area contributed by atoms with Crippen LogP contribution in [0, 0.1) is 75.7 Å². The van der Waals surface area contributed by atoms with Crippen molar-refractivity contribution in [3.8, 4) is 17.2 Å². The van der Waals surface area contributed by atoms with E-state index in [9.17, 15) is 23.2 Å². The highest BCUT2D eigenvalue weighted by Gasteiger charge is 2.59. The van der Waals surface area contributed by atoms with E-state index in [1.54, 1.807) is 66.2 Å². The van der Waals surface area contributed by atoms with E-state index in [1.807, 2.05) is 13.8 Å². The molecule has 3 aromatic carbocycles. The van der Waals surface area contributed by atoms with Crippen molar-refractivity contribution in [1.82, 2.24) is 0 Å². The highest BCUT2D eigenvalue weighted by molar-refractivity contribution is 5.92. The van der Waals surface area contributed by atoms with Gasteiger partial charge in [-0.25, -0.2) is 18.4 Å². The standard InChI is InChI=1S/C36H62O2.C29H46F2O.C28H38O5/c1-7-8-9-10-11-12-16-34(37)38-29-21-23-35(5)28(25-29)17-18-30-32-20-19-31(27(4)15-13-14-26(2)3)36(32,6)24-22-33(30)35;1-4-6-7-8-10-21(3)32-29-27(30)19-26(20-28(29)31)25-17-15-24(16-18-25)23-13-11-22(9-5-2)12-14-23;1-4-6-8-10-12-22(3)32-27(29)23-15-19-26(20-16-23)33-28(30)24-13-17-25(18-14-24)31-21-11-9-7-5-2/h17,26-27,29-33H,7-16,18-25H2,1-6H3;19-25H,4-18H2,1-3H3;13-20,22H,4-12,21H2,1-3H3/t27-,29+,30+,31-,32+,33+,35+,36-;;/m1../s1. The number of rotatable bonds is 39. The predicted octanol–water partition coefficient (Wildman–Crippen LogP) is 27.7. The Morgan fingerprint density at radius 3 is 1.71 bits per heavy atom. The normalized spacial score (nSPS) is 25.9. The van der Waals surface area contributed by atoms with Gasteiger partial charge in [0, 0.05) is 12.8 Å². The van der Waals surface area contributed by atoms with Gasteiger partial charge in [-0.05, 0) is 272 Å². The molecule has 9 rings (SSSR count). The van der Waals surface area contributed by atoms with Crippen LogP contribution < -0.4 is 14.2 Å². The molecule has 0 aliphatic heterocycles. The van der Waals surface area contributed by atoms with Crippen LogP contribution in [0.5, 0.6) is 17.2 Å². The highest BCUT2D eigenvalue weighted by Crippen LogP contribution is 2.67. The fourth-order valence-corrected chi connectivity index (χ4v) is 19.8. The lowest BCUT2D eigenvalue weighted by Crippen LogP contribution is -2.51. The number of benzene rings is 3. The molecule has 2 unspecified atom stereocenters. The third-order valence-corrected chi connectivity index (χ3v) is 26.0. The summed E-state index contributed by atoms with van der Waals surface area (Å²) in [5, 5.41) is 0. The molecule has 6 aliphatic rings. The predicted molar refractivity (Wildman–Crippen MR) is 422 cm³/mol. The number of unbranched alkanes of at least 4 members (excludes halogenated alkanes) is 14. The van der Waals surface area contributed by atoms with Gasteiger partial charge in [0.2, 0.25) is 0 Å². The van der Waals surface area contributed by atoms with Crippen LogP contribution in [-0.2, 0) is 14.3 Å². The minimum atomic E-state index is -0.531. The largest absolute Gasteiger partial charge is 0.494 e. The minimum absolute atomic E-state index is 0.0522. The van der Waals surface area contributed by atoms with Gasteiger partial charge in [0.05, 0.1) is 29.9 Å². The number of hydrogen-bond acceptors (Lipinski definition) is 8. The van der Waals surface area contributed by atoms with E-state index in [4.69, 9.17) is 23.7 Å². The zero-order valence-electron chi connectivity index (χ0n) is 67.3. The fraction of sp³-hybridized carbons (Fsp3) is 0.753. The molecule has 0 heterocycles. The average molecular weight is 1430 g/mol. The Kier molecular flexibility index (Phi) is 37.5. The summed E-state index contributed by atoms with van der Waals surface area (Å²) in [4.78, 5) is 37.3. The summed E-state index contributed by atoms with van der Waals surface area (Å²) in [5.41, 5.74) is 4.25. The lowest BCUT2D eigenvalue weighted by Gasteiger charge is -2.58. The lowest BCUT2D eigenvalue weighted by atomic mass is 9.47. The molecule has 0 spiro atoms. The van der Waals surface area contributed by atoms with E-state index < -0.39 is 17.6 Å². The molecular weight excluding hydrogens is 1280 g/mol. The van der Waals surface area contributed by atoms with Gasteiger partial charge in [-0.3, -0.25) is 4.79 Å². The van der Waals surface area contributed by atoms with Gasteiger partial charge in [0.1, 0.15) is 17.6 Å². The number of ether oxygens (including phenoxy) is 5. The van der Waals surface area contributed by atoms with Crippen LogP contribution in [0.4, 0.5) is 8.78 Å². The number of hydrogen-bond donors (Lipinski definition) is 0. The first-order valence-electron chi connectivity index (χ1n) is 43.0. The van der Waals surface area contributed by atoms with Gasteiger partial charge < -0.3 is 23.7 Å². The first kappa shape index (κ1) is 85.5. The van der Waals surface area contributed by atoms with Gasteiger partial charge in [-0.1, -0.05) is 216 Å². The third kappa shape index (κ3) is 26.9. The lowest BCUT2D eigenvalue weighted by molar-refractivity contribution is -0.151. The SMILES string of the molecule is CCCCCCC(C)Oc1c(F)cc(C2CCC(C3CCC(CCC)CC3)CC2)cc1F.CCCCCCCCC(=O)O[C@H]1CC[C@@]2(C)C(=CC[C@H]3[C@@H]4CC[C@H]([C@H](C)CCCC(C)C)[C@@]4(C)CC[C@@H]32)C1.CCCCCCOc1ccc(C(=O)Oc2ccc(C(=O)OC(C)CCCCCC)cc2)cc1. The second-order valence-electron chi connectivity index (χ2n) is 34.3. The number of carbonyl (C=O) groups excluding carboxylic acids is 3.